The molecule has 1 N–H and O–H groups in total. The Morgan fingerprint density at radius 3 is 2.74 bits per heavy atom. The molecule has 104 valence electrons. The van der Waals surface area contributed by atoms with Crippen molar-refractivity contribution in [3.63, 3.8) is 0 Å². The van der Waals surface area contributed by atoms with Crippen molar-refractivity contribution in [2.45, 2.75) is 52.0 Å². The first-order valence-electron chi connectivity index (χ1n) is 6.91. The SMILES string of the molecule is CCCc1cc(C(=O)NC(C)(C)C2CC2)cc(Cl)n1. The predicted molar refractivity (Wildman–Crippen MR) is 77.5 cm³/mol. The predicted octanol–water partition coefficient (Wildman–Crippen LogP) is 3.61. The number of nitrogens with one attached hydrogen (secondary N) is 1. The van der Waals surface area contributed by atoms with Crippen LogP contribution in [0, 0.1) is 5.92 Å². The van der Waals surface area contributed by atoms with Crippen molar-refractivity contribution in [2.75, 3.05) is 0 Å². The fourth-order valence-corrected chi connectivity index (χ4v) is 2.56. The Hall–Kier alpha value is -1.09. The summed E-state index contributed by atoms with van der Waals surface area (Å²) in [5, 5.41) is 3.49. The maximum atomic E-state index is 12.3. The van der Waals surface area contributed by atoms with Gasteiger partial charge in [-0.25, -0.2) is 4.98 Å². The van der Waals surface area contributed by atoms with Gasteiger partial charge in [-0.05, 0) is 51.2 Å². The second-order valence-electron chi connectivity index (χ2n) is 5.87. The summed E-state index contributed by atoms with van der Waals surface area (Å²) >= 11 is 5.98. The summed E-state index contributed by atoms with van der Waals surface area (Å²) in [7, 11) is 0. The third kappa shape index (κ3) is 3.69. The summed E-state index contributed by atoms with van der Waals surface area (Å²) in [6, 6.07) is 3.48. The van der Waals surface area contributed by atoms with Crippen LogP contribution in [0.15, 0.2) is 12.1 Å². The van der Waals surface area contributed by atoms with Crippen molar-refractivity contribution in [1.82, 2.24) is 10.3 Å². The molecule has 1 aliphatic rings. The minimum Gasteiger partial charge on any atom is -0.347 e. The monoisotopic (exact) mass is 280 g/mol. The highest BCUT2D eigenvalue weighted by Gasteiger charge is 2.38. The van der Waals surface area contributed by atoms with Crippen molar-refractivity contribution in [3.05, 3.63) is 28.5 Å². The molecule has 0 aliphatic heterocycles. The molecule has 1 saturated carbocycles. The molecule has 1 aromatic heterocycles. The van der Waals surface area contributed by atoms with E-state index in [0.717, 1.165) is 18.5 Å². The Bertz CT molecular complexity index is 481. The van der Waals surface area contributed by atoms with Gasteiger partial charge in [0.1, 0.15) is 5.15 Å². The van der Waals surface area contributed by atoms with E-state index in [2.05, 4.69) is 31.1 Å². The van der Waals surface area contributed by atoms with Gasteiger partial charge in [0.05, 0.1) is 0 Å². The lowest BCUT2D eigenvalue weighted by molar-refractivity contribution is 0.0903. The van der Waals surface area contributed by atoms with Gasteiger partial charge in [0.2, 0.25) is 0 Å². The van der Waals surface area contributed by atoms with E-state index in [1.54, 1.807) is 6.07 Å². The zero-order valence-corrected chi connectivity index (χ0v) is 12.5. The van der Waals surface area contributed by atoms with Crippen LogP contribution in [0.25, 0.3) is 0 Å². The molecule has 4 heteroatoms. The molecule has 0 saturated heterocycles. The largest absolute Gasteiger partial charge is 0.347 e. The number of aryl methyl sites for hydroxylation is 1. The number of halogens is 1. The average Bonchev–Trinajstić information content (AvgIpc) is 3.11. The van der Waals surface area contributed by atoms with Crippen molar-refractivity contribution in [2.24, 2.45) is 5.92 Å². The number of hydrogen-bond donors (Lipinski definition) is 1. The van der Waals surface area contributed by atoms with Crippen LogP contribution in [0.4, 0.5) is 0 Å². The van der Waals surface area contributed by atoms with E-state index in [0.29, 0.717) is 16.6 Å². The Balaban J connectivity index is 2.13. The minimum atomic E-state index is -0.141. The highest BCUT2D eigenvalue weighted by Crippen LogP contribution is 2.39. The molecule has 0 radical (unpaired) electrons. The standard InChI is InChI=1S/C15H21ClN2O/c1-4-5-12-8-10(9-13(16)17-12)14(19)18-15(2,3)11-6-7-11/h8-9,11H,4-7H2,1-3H3,(H,18,19). The molecule has 1 amide bonds. The van der Waals surface area contributed by atoms with Gasteiger partial charge in [-0.15, -0.1) is 0 Å². The first-order valence-corrected chi connectivity index (χ1v) is 7.29. The molecule has 0 atom stereocenters. The molecule has 2 rings (SSSR count). The fraction of sp³-hybridized carbons (Fsp3) is 0.600. The highest BCUT2D eigenvalue weighted by atomic mass is 35.5. The fourth-order valence-electron chi connectivity index (χ4n) is 2.34. The zero-order valence-electron chi connectivity index (χ0n) is 11.8. The lowest BCUT2D eigenvalue weighted by Gasteiger charge is -2.26. The van der Waals surface area contributed by atoms with Gasteiger partial charge in [-0.3, -0.25) is 4.79 Å². The molecular weight excluding hydrogens is 260 g/mol. The van der Waals surface area contributed by atoms with E-state index in [-0.39, 0.29) is 11.4 Å². The second kappa shape index (κ2) is 5.49. The molecule has 0 spiro atoms. The van der Waals surface area contributed by atoms with Gasteiger partial charge in [0, 0.05) is 16.8 Å². The molecule has 0 aromatic carbocycles. The van der Waals surface area contributed by atoms with E-state index in [9.17, 15) is 4.79 Å². The summed E-state index contributed by atoms with van der Waals surface area (Å²) in [5.41, 5.74) is 1.35. The topological polar surface area (TPSA) is 42.0 Å². The smallest absolute Gasteiger partial charge is 0.251 e. The summed E-state index contributed by atoms with van der Waals surface area (Å²) in [6.07, 6.45) is 4.23. The van der Waals surface area contributed by atoms with Gasteiger partial charge in [0.25, 0.3) is 5.91 Å². The Morgan fingerprint density at radius 1 is 1.47 bits per heavy atom. The Morgan fingerprint density at radius 2 is 2.16 bits per heavy atom. The number of carbonyl (C=O) groups excluding carboxylic acids is 1. The maximum Gasteiger partial charge on any atom is 0.251 e. The van der Waals surface area contributed by atoms with Crippen LogP contribution in [0.1, 0.15) is 56.1 Å². The van der Waals surface area contributed by atoms with Crippen molar-refractivity contribution < 1.29 is 4.79 Å². The third-order valence-corrected chi connectivity index (χ3v) is 3.84. The van der Waals surface area contributed by atoms with Crippen LogP contribution >= 0.6 is 11.6 Å². The van der Waals surface area contributed by atoms with Crippen molar-refractivity contribution >= 4 is 17.5 Å². The van der Waals surface area contributed by atoms with E-state index in [4.69, 9.17) is 11.6 Å². The van der Waals surface area contributed by atoms with Gasteiger partial charge in [-0.1, -0.05) is 24.9 Å². The zero-order chi connectivity index (χ0) is 14.0. The number of rotatable bonds is 5. The van der Waals surface area contributed by atoms with Gasteiger partial charge < -0.3 is 5.32 Å². The number of pyridine rings is 1. The van der Waals surface area contributed by atoms with E-state index in [1.807, 2.05) is 6.07 Å². The summed E-state index contributed by atoms with van der Waals surface area (Å²) in [6.45, 7) is 6.25. The van der Waals surface area contributed by atoms with Crippen LogP contribution < -0.4 is 5.32 Å². The molecule has 3 nitrogen and oxygen atoms in total. The summed E-state index contributed by atoms with van der Waals surface area (Å²) < 4.78 is 0. The second-order valence-corrected chi connectivity index (χ2v) is 6.26. The maximum absolute atomic E-state index is 12.3. The number of carbonyl (C=O) groups is 1. The van der Waals surface area contributed by atoms with Crippen LogP contribution in [0.2, 0.25) is 5.15 Å². The van der Waals surface area contributed by atoms with Crippen LogP contribution in [-0.2, 0) is 6.42 Å². The van der Waals surface area contributed by atoms with Crippen LogP contribution in [-0.4, -0.2) is 16.4 Å². The number of amides is 1. The molecular formula is C15H21ClN2O. The normalized spacial score (nSPS) is 15.4. The highest BCUT2D eigenvalue weighted by molar-refractivity contribution is 6.29. The van der Waals surface area contributed by atoms with Gasteiger partial charge in [-0.2, -0.15) is 0 Å². The molecule has 0 unspecified atom stereocenters. The van der Waals surface area contributed by atoms with E-state index >= 15 is 0 Å². The van der Waals surface area contributed by atoms with Crippen LogP contribution in [0.3, 0.4) is 0 Å². The van der Waals surface area contributed by atoms with Crippen molar-refractivity contribution in [1.29, 1.82) is 0 Å². The lowest BCUT2D eigenvalue weighted by Crippen LogP contribution is -2.45. The van der Waals surface area contributed by atoms with E-state index < -0.39 is 0 Å². The molecule has 1 aromatic rings. The van der Waals surface area contributed by atoms with E-state index in [1.165, 1.54) is 12.8 Å². The Kier molecular flexibility index (Phi) is 4.14. The van der Waals surface area contributed by atoms with Gasteiger partial charge >= 0.3 is 0 Å². The molecule has 0 bridgehead atoms. The first kappa shape index (κ1) is 14.3. The minimum absolute atomic E-state index is 0.0569. The molecule has 19 heavy (non-hydrogen) atoms. The molecule has 1 fully saturated rings. The average molecular weight is 281 g/mol. The van der Waals surface area contributed by atoms with Crippen LogP contribution in [0.5, 0.6) is 0 Å². The quantitative estimate of drug-likeness (QED) is 0.837. The molecule has 1 heterocycles. The van der Waals surface area contributed by atoms with Crippen molar-refractivity contribution in [3.8, 4) is 0 Å². The summed E-state index contributed by atoms with van der Waals surface area (Å²) in [4.78, 5) is 16.5. The number of aromatic nitrogens is 1. The lowest BCUT2D eigenvalue weighted by atomic mass is 9.98. The Labute approximate surface area is 119 Å². The third-order valence-electron chi connectivity index (χ3n) is 3.65. The van der Waals surface area contributed by atoms with Gasteiger partial charge in [0.15, 0.2) is 0 Å². The number of hydrogen-bond acceptors (Lipinski definition) is 2. The summed E-state index contributed by atoms with van der Waals surface area (Å²) in [5.74, 6) is 0.544. The number of nitrogens with zero attached hydrogens (tertiary/aromatic N) is 1. The molecule has 1 aliphatic carbocycles. The first-order chi connectivity index (χ1) is 8.92.